The third-order valence-electron chi connectivity index (χ3n) is 3.60. The quantitative estimate of drug-likeness (QED) is 0.820. The van der Waals surface area contributed by atoms with Gasteiger partial charge < -0.3 is 9.84 Å². The molecule has 122 valence electrons. The lowest BCUT2D eigenvalue weighted by molar-refractivity contribution is 0.0945. The molecular weight excluding hydrogens is 316 g/mol. The van der Waals surface area contributed by atoms with E-state index in [4.69, 9.17) is 4.52 Å². The smallest absolute Gasteiger partial charge is 0.251 e. The molecule has 2 aromatic carbocycles. The molecule has 6 heteroatoms. The topological polar surface area (TPSA) is 55.4 Å². The minimum atomic E-state index is -3.06. The second kappa shape index (κ2) is 7.53. The van der Waals surface area contributed by atoms with E-state index in [1.165, 1.54) is 25.9 Å². The maximum Gasteiger partial charge on any atom is 0.251 e. The van der Waals surface area contributed by atoms with Crippen molar-refractivity contribution in [3.05, 3.63) is 71.5 Å². The first-order valence-corrected chi connectivity index (χ1v) is 9.30. The standard InChI is InChI=1S/C17H19FNO3P/c1-22-23(2,21)16(12-13-8-10-15(18)11-9-13)19-17(20)14-6-4-3-5-7-14/h3-11,16H,12H2,1-2H3,(H,19,20)/t16-,23?/m0/s1. The van der Waals surface area contributed by atoms with Gasteiger partial charge in [0.05, 0.1) is 0 Å². The van der Waals surface area contributed by atoms with Crippen LogP contribution in [0, 0.1) is 5.82 Å². The minimum Gasteiger partial charge on any atom is -0.340 e. The Hall–Kier alpha value is -1.97. The van der Waals surface area contributed by atoms with Crippen molar-refractivity contribution in [1.82, 2.24) is 5.32 Å². The zero-order chi connectivity index (χ0) is 16.9. The van der Waals surface area contributed by atoms with Crippen LogP contribution in [0.1, 0.15) is 15.9 Å². The van der Waals surface area contributed by atoms with Crippen molar-refractivity contribution in [2.24, 2.45) is 0 Å². The van der Waals surface area contributed by atoms with Gasteiger partial charge in [0.15, 0.2) is 0 Å². The molecule has 23 heavy (non-hydrogen) atoms. The minimum absolute atomic E-state index is 0.292. The highest BCUT2D eigenvalue weighted by Crippen LogP contribution is 2.47. The highest BCUT2D eigenvalue weighted by atomic mass is 31.2. The number of rotatable bonds is 6. The molecule has 1 unspecified atom stereocenters. The van der Waals surface area contributed by atoms with Crippen LogP contribution in [-0.4, -0.2) is 25.5 Å². The first-order chi connectivity index (χ1) is 10.9. The molecule has 0 saturated carbocycles. The van der Waals surface area contributed by atoms with E-state index in [1.807, 2.05) is 6.07 Å². The summed E-state index contributed by atoms with van der Waals surface area (Å²) in [6.45, 7) is 1.48. The van der Waals surface area contributed by atoms with Crippen molar-refractivity contribution in [3.8, 4) is 0 Å². The molecular formula is C17H19FNO3P. The predicted octanol–water partition coefficient (Wildman–Crippen LogP) is 3.68. The van der Waals surface area contributed by atoms with E-state index in [0.29, 0.717) is 12.0 Å². The third-order valence-corrected chi connectivity index (χ3v) is 5.77. The Morgan fingerprint density at radius 1 is 1.17 bits per heavy atom. The summed E-state index contributed by atoms with van der Waals surface area (Å²) in [6, 6.07) is 14.6. The summed E-state index contributed by atoms with van der Waals surface area (Å²) in [5.41, 5.74) is 1.25. The first kappa shape index (κ1) is 17.4. The summed E-state index contributed by atoms with van der Waals surface area (Å²) in [4.78, 5) is 12.3. The van der Waals surface area contributed by atoms with E-state index < -0.39 is 13.2 Å². The Kier molecular flexibility index (Phi) is 5.69. The van der Waals surface area contributed by atoms with Gasteiger partial charge in [0.25, 0.3) is 5.91 Å². The molecule has 2 aromatic rings. The Labute approximate surface area is 135 Å². The van der Waals surface area contributed by atoms with Gasteiger partial charge in [0.2, 0.25) is 7.37 Å². The van der Waals surface area contributed by atoms with Crippen molar-refractivity contribution < 1.29 is 18.3 Å². The third kappa shape index (κ3) is 4.75. The fourth-order valence-corrected chi connectivity index (χ4v) is 3.28. The first-order valence-electron chi connectivity index (χ1n) is 7.15. The fourth-order valence-electron chi connectivity index (χ4n) is 2.13. The predicted molar refractivity (Wildman–Crippen MR) is 88.3 cm³/mol. The van der Waals surface area contributed by atoms with Gasteiger partial charge in [0.1, 0.15) is 11.6 Å². The van der Waals surface area contributed by atoms with Crippen LogP contribution < -0.4 is 5.32 Å². The lowest BCUT2D eigenvalue weighted by Gasteiger charge is -2.24. The van der Waals surface area contributed by atoms with Gasteiger partial charge in [0, 0.05) is 25.8 Å². The van der Waals surface area contributed by atoms with Crippen LogP contribution >= 0.6 is 7.37 Å². The van der Waals surface area contributed by atoms with E-state index in [9.17, 15) is 13.8 Å². The van der Waals surface area contributed by atoms with Crippen molar-refractivity contribution in [2.75, 3.05) is 13.8 Å². The summed E-state index contributed by atoms with van der Waals surface area (Å²) >= 11 is 0. The second-order valence-corrected chi connectivity index (χ2v) is 8.08. The monoisotopic (exact) mass is 335 g/mol. The van der Waals surface area contributed by atoms with Crippen molar-refractivity contribution in [2.45, 2.75) is 12.2 Å². The van der Waals surface area contributed by atoms with E-state index in [1.54, 1.807) is 36.4 Å². The number of carbonyl (C=O) groups excluding carboxylic acids is 1. The Bertz CT molecular complexity index is 704. The highest BCUT2D eigenvalue weighted by molar-refractivity contribution is 7.58. The number of amides is 1. The molecule has 0 saturated heterocycles. The van der Waals surface area contributed by atoms with Crippen LogP contribution in [0.4, 0.5) is 4.39 Å². The van der Waals surface area contributed by atoms with Crippen LogP contribution in [0.3, 0.4) is 0 Å². The average Bonchev–Trinajstić information content (AvgIpc) is 2.57. The Morgan fingerprint density at radius 3 is 2.35 bits per heavy atom. The van der Waals surface area contributed by atoms with Gasteiger partial charge in [-0.1, -0.05) is 30.3 Å². The van der Waals surface area contributed by atoms with Crippen LogP contribution in [0.15, 0.2) is 54.6 Å². The fraction of sp³-hybridized carbons (Fsp3) is 0.235. The van der Waals surface area contributed by atoms with Crippen molar-refractivity contribution in [3.63, 3.8) is 0 Å². The van der Waals surface area contributed by atoms with Crippen LogP contribution in [0.2, 0.25) is 0 Å². The van der Waals surface area contributed by atoms with Crippen LogP contribution in [0.5, 0.6) is 0 Å². The number of nitrogens with one attached hydrogen (secondary N) is 1. The summed E-state index contributed by atoms with van der Waals surface area (Å²) in [5, 5.41) is 2.77. The zero-order valence-electron chi connectivity index (χ0n) is 13.0. The highest BCUT2D eigenvalue weighted by Gasteiger charge is 2.30. The van der Waals surface area contributed by atoms with Crippen LogP contribution in [0.25, 0.3) is 0 Å². The molecule has 4 nitrogen and oxygen atoms in total. The summed E-state index contributed by atoms with van der Waals surface area (Å²) < 4.78 is 30.7. The molecule has 0 fully saturated rings. The molecule has 0 radical (unpaired) electrons. The molecule has 0 bridgehead atoms. The van der Waals surface area contributed by atoms with E-state index in [2.05, 4.69) is 5.32 Å². The van der Waals surface area contributed by atoms with E-state index in [-0.39, 0.29) is 11.7 Å². The summed E-state index contributed by atoms with van der Waals surface area (Å²) in [5.74, 6) is -1.35. The zero-order valence-corrected chi connectivity index (χ0v) is 13.9. The summed E-state index contributed by atoms with van der Waals surface area (Å²) in [7, 11) is -1.71. The normalized spacial score (nSPS) is 14.7. The van der Waals surface area contributed by atoms with Gasteiger partial charge in [-0.2, -0.15) is 0 Å². The molecule has 1 N–H and O–H groups in total. The molecule has 0 aliphatic rings. The van der Waals surface area contributed by atoms with E-state index in [0.717, 1.165) is 5.56 Å². The number of hydrogen-bond acceptors (Lipinski definition) is 3. The molecule has 0 spiro atoms. The summed E-state index contributed by atoms with van der Waals surface area (Å²) in [6.07, 6.45) is 0.292. The number of hydrogen-bond donors (Lipinski definition) is 1. The van der Waals surface area contributed by atoms with E-state index >= 15 is 0 Å². The maximum absolute atomic E-state index is 13.0. The SMILES string of the molecule is COP(C)(=O)[C@@H](Cc1ccc(F)cc1)NC(=O)c1ccccc1. The molecule has 0 aliphatic heterocycles. The molecule has 2 rings (SSSR count). The number of benzene rings is 2. The lowest BCUT2D eigenvalue weighted by Crippen LogP contribution is -2.36. The number of carbonyl (C=O) groups is 1. The van der Waals surface area contributed by atoms with Gasteiger partial charge in [-0.25, -0.2) is 4.39 Å². The average molecular weight is 335 g/mol. The lowest BCUT2D eigenvalue weighted by atomic mass is 10.1. The number of halogens is 1. The van der Waals surface area contributed by atoms with Gasteiger partial charge >= 0.3 is 0 Å². The Morgan fingerprint density at radius 2 is 1.78 bits per heavy atom. The molecule has 1 amide bonds. The second-order valence-electron chi connectivity index (χ2n) is 5.28. The maximum atomic E-state index is 13.0. The Balaban J connectivity index is 2.19. The molecule has 2 atom stereocenters. The van der Waals surface area contributed by atoms with Gasteiger partial charge in [-0.3, -0.25) is 9.36 Å². The molecule has 0 aromatic heterocycles. The van der Waals surface area contributed by atoms with Gasteiger partial charge in [-0.15, -0.1) is 0 Å². The van der Waals surface area contributed by atoms with Crippen molar-refractivity contribution >= 4 is 13.3 Å². The van der Waals surface area contributed by atoms with Crippen LogP contribution in [-0.2, 0) is 15.5 Å². The van der Waals surface area contributed by atoms with Gasteiger partial charge in [-0.05, 0) is 29.8 Å². The largest absolute Gasteiger partial charge is 0.340 e. The van der Waals surface area contributed by atoms with Crippen molar-refractivity contribution in [1.29, 1.82) is 0 Å². The molecule has 0 heterocycles. The molecule has 0 aliphatic carbocycles.